The summed E-state index contributed by atoms with van der Waals surface area (Å²) in [6.45, 7) is -0.483. The second-order valence-electron chi connectivity index (χ2n) is 4.89. The van der Waals surface area contributed by atoms with Gasteiger partial charge in [-0.15, -0.1) is 0 Å². The monoisotopic (exact) mass is 314 g/mol. The van der Waals surface area contributed by atoms with E-state index in [0.717, 1.165) is 0 Å². The van der Waals surface area contributed by atoms with Crippen molar-refractivity contribution in [3.63, 3.8) is 0 Å². The molecule has 118 valence electrons. The number of carboxylic acids is 2. The van der Waals surface area contributed by atoms with E-state index in [1.165, 1.54) is 9.08 Å². The summed E-state index contributed by atoms with van der Waals surface area (Å²) >= 11 is 0. The van der Waals surface area contributed by atoms with Crippen LogP contribution < -0.4 is 15.8 Å². The number of carbonyl (C=O) groups is 2. The number of rotatable bonds is 5. The first-order chi connectivity index (χ1) is 11.0. The molecule has 0 atom stereocenters. The molecule has 1 aromatic carbocycles. The lowest BCUT2D eigenvalue weighted by atomic mass is 10.2. The SMILES string of the molecule is O=C([O-])CCc1nn2c3ccccc3n(CC(=O)[O-])c2nc1=O. The van der Waals surface area contributed by atoms with Crippen molar-refractivity contribution in [2.45, 2.75) is 19.4 Å². The van der Waals surface area contributed by atoms with Crippen LogP contribution in [-0.2, 0) is 22.6 Å². The van der Waals surface area contributed by atoms with Crippen LogP contribution in [0.5, 0.6) is 0 Å². The van der Waals surface area contributed by atoms with E-state index >= 15 is 0 Å². The van der Waals surface area contributed by atoms with Crippen LogP contribution >= 0.6 is 0 Å². The van der Waals surface area contributed by atoms with E-state index in [2.05, 4.69) is 10.1 Å². The average Bonchev–Trinajstić information content (AvgIpc) is 2.78. The minimum absolute atomic E-state index is 0.0250. The quantitative estimate of drug-likeness (QED) is 0.507. The van der Waals surface area contributed by atoms with Crippen molar-refractivity contribution in [2.24, 2.45) is 0 Å². The molecule has 0 bridgehead atoms. The third-order valence-electron chi connectivity index (χ3n) is 3.35. The molecular formula is C14H10N4O5-2. The number of aliphatic carboxylic acids is 2. The molecule has 0 unspecified atom stereocenters. The number of nitrogens with zero attached hydrogens (tertiary/aromatic N) is 4. The van der Waals surface area contributed by atoms with Gasteiger partial charge in [0.15, 0.2) is 0 Å². The predicted molar refractivity (Wildman–Crippen MR) is 73.1 cm³/mol. The zero-order chi connectivity index (χ0) is 16.6. The largest absolute Gasteiger partial charge is 0.550 e. The van der Waals surface area contributed by atoms with E-state index < -0.39 is 24.0 Å². The van der Waals surface area contributed by atoms with Gasteiger partial charge in [-0.25, -0.2) is 0 Å². The summed E-state index contributed by atoms with van der Waals surface area (Å²) in [4.78, 5) is 37.3. The van der Waals surface area contributed by atoms with Gasteiger partial charge < -0.3 is 24.4 Å². The van der Waals surface area contributed by atoms with Crippen LogP contribution in [0.15, 0.2) is 29.1 Å². The third kappa shape index (κ3) is 2.63. The Kier molecular flexibility index (Phi) is 3.53. The number of aromatic nitrogens is 4. The molecule has 2 aromatic heterocycles. The van der Waals surface area contributed by atoms with Crippen molar-refractivity contribution in [3.8, 4) is 0 Å². The van der Waals surface area contributed by atoms with Gasteiger partial charge in [0, 0.05) is 12.4 Å². The molecule has 0 aliphatic carbocycles. The highest BCUT2D eigenvalue weighted by molar-refractivity contribution is 5.82. The van der Waals surface area contributed by atoms with Crippen LogP contribution in [0.2, 0.25) is 0 Å². The van der Waals surface area contributed by atoms with E-state index in [1.807, 2.05) is 0 Å². The van der Waals surface area contributed by atoms with Crippen LogP contribution in [-0.4, -0.2) is 31.1 Å². The summed E-state index contributed by atoms with van der Waals surface area (Å²) in [5.74, 6) is -2.57. The van der Waals surface area contributed by atoms with Gasteiger partial charge in [-0.05, 0) is 18.6 Å². The molecule has 0 saturated heterocycles. The molecule has 0 radical (unpaired) electrons. The van der Waals surface area contributed by atoms with Crippen molar-refractivity contribution in [1.29, 1.82) is 0 Å². The fourth-order valence-electron chi connectivity index (χ4n) is 2.39. The maximum Gasteiger partial charge on any atom is 0.296 e. The number of fused-ring (bicyclic) bond motifs is 3. The molecule has 0 saturated carbocycles. The predicted octanol–water partition coefficient (Wildman–Crippen LogP) is -2.52. The van der Waals surface area contributed by atoms with Crippen molar-refractivity contribution in [2.75, 3.05) is 0 Å². The molecule has 0 aliphatic heterocycles. The summed E-state index contributed by atoms with van der Waals surface area (Å²) in [5, 5.41) is 25.6. The van der Waals surface area contributed by atoms with Crippen molar-refractivity contribution in [3.05, 3.63) is 40.3 Å². The summed E-state index contributed by atoms with van der Waals surface area (Å²) in [7, 11) is 0. The Morgan fingerprint density at radius 2 is 1.78 bits per heavy atom. The van der Waals surface area contributed by atoms with Crippen molar-refractivity contribution < 1.29 is 19.8 Å². The van der Waals surface area contributed by atoms with Crippen LogP contribution in [0, 0.1) is 0 Å². The van der Waals surface area contributed by atoms with E-state index in [9.17, 15) is 24.6 Å². The first-order valence-electron chi connectivity index (χ1n) is 6.74. The maximum atomic E-state index is 12.0. The van der Waals surface area contributed by atoms with Crippen LogP contribution in [0.4, 0.5) is 0 Å². The number of benzene rings is 1. The summed E-state index contributed by atoms with van der Waals surface area (Å²) in [6.07, 6.45) is -0.467. The zero-order valence-corrected chi connectivity index (χ0v) is 11.8. The lowest BCUT2D eigenvalue weighted by molar-refractivity contribution is -0.307. The van der Waals surface area contributed by atoms with Gasteiger partial charge in [0.05, 0.1) is 23.5 Å². The summed E-state index contributed by atoms with van der Waals surface area (Å²) < 4.78 is 2.63. The Labute approximate surface area is 128 Å². The fourth-order valence-corrected chi connectivity index (χ4v) is 2.39. The smallest absolute Gasteiger partial charge is 0.296 e. The summed E-state index contributed by atoms with van der Waals surface area (Å²) in [5.41, 5.74) is 0.343. The normalized spacial score (nSPS) is 11.1. The molecule has 9 nitrogen and oxygen atoms in total. The van der Waals surface area contributed by atoms with Gasteiger partial charge in [-0.2, -0.15) is 14.6 Å². The molecular weight excluding hydrogens is 304 g/mol. The minimum atomic E-state index is -1.33. The third-order valence-corrected chi connectivity index (χ3v) is 3.35. The molecule has 0 aliphatic rings. The van der Waals surface area contributed by atoms with Gasteiger partial charge in [0.2, 0.25) is 5.78 Å². The Morgan fingerprint density at radius 1 is 1.09 bits per heavy atom. The van der Waals surface area contributed by atoms with Gasteiger partial charge in [-0.3, -0.25) is 4.79 Å². The first-order valence-corrected chi connectivity index (χ1v) is 6.74. The molecule has 23 heavy (non-hydrogen) atoms. The molecule has 0 N–H and O–H groups in total. The molecule has 3 aromatic rings. The zero-order valence-electron chi connectivity index (χ0n) is 11.8. The minimum Gasteiger partial charge on any atom is -0.550 e. The Balaban J connectivity index is 2.26. The fraction of sp³-hybridized carbons (Fsp3) is 0.214. The standard InChI is InChI=1S/C14H12N4O5/c19-11(20)6-5-8-13(23)15-14-17(7-12(21)22)9-3-1-2-4-10(9)18(14)16-8/h1-4H,5-7H2,(H,19,20)(H,21,22)/p-2. The number of imidazole rings is 1. The number of carboxylic acid groups (broad SMARTS) is 2. The molecule has 0 spiro atoms. The maximum absolute atomic E-state index is 12.0. The van der Waals surface area contributed by atoms with Gasteiger partial charge >= 0.3 is 0 Å². The molecule has 0 amide bonds. The topological polar surface area (TPSA) is 132 Å². The number of carbonyl (C=O) groups excluding carboxylic acids is 2. The van der Waals surface area contributed by atoms with E-state index in [-0.39, 0.29) is 24.3 Å². The van der Waals surface area contributed by atoms with E-state index in [4.69, 9.17) is 0 Å². The Morgan fingerprint density at radius 3 is 2.43 bits per heavy atom. The summed E-state index contributed by atoms with van der Waals surface area (Å²) in [6, 6.07) is 6.80. The second kappa shape index (κ2) is 5.52. The Hall–Kier alpha value is -3.23. The lowest BCUT2D eigenvalue weighted by Crippen LogP contribution is -2.29. The second-order valence-corrected chi connectivity index (χ2v) is 4.89. The highest BCUT2D eigenvalue weighted by Crippen LogP contribution is 2.17. The first kappa shape index (κ1) is 14.7. The average molecular weight is 314 g/mol. The number of para-hydroxylation sites is 2. The van der Waals surface area contributed by atoms with Gasteiger partial charge in [-0.1, -0.05) is 12.1 Å². The van der Waals surface area contributed by atoms with Crippen LogP contribution in [0.1, 0.15) is 12.1 Å². The molecule has 9 heteroatoms. The number of hydrogen-bond donors (Lipinski definition) is 0. The molecule has 3 rings (SSSR count). The molecule has 0 fully saturated rings. The number of aryl methyl sites for hydroxylation is 1. The van der Waals surface area contributed by atoms with Crippen molar-refractivity contribution >= 4 is 28.7 Å². The van der Waals surface area contributed by atoms with Crippen LogP contribution in [0.25, 0.3) is 16.8 Å². The Bertz CT molecular complexity index is 988. The van der Waals surface area contributed by atoms with Gasteiger partial charge in [0.25, 0.3) is 5.56 Å². The van der Waals surface area contributed by atoms with E-state index in [0.29, 0.717) is 11.0 Å². The number of hydrogen-bond acceptors (Lipinski definition) is 7. The highest BCUT2D eigenvalue weighted by atomic mass is 16.4. The van der Waals surface area contributed by atoms with E-state index in [1.54, 1.807) is 24.3 Å². The highest BCUT2D eigenvalue weighted by Gasteiger charge is 2.15. The van der Waals surface area contributed by atoms with Crippen molar-refractivity contribution in [1.82, 2.24) is 19.2 Å². The lowest BCUT2D eigenvalue weighted by Gasteiger charge is -2.06. The molecule has 2 heterocycles. The van der Waals surface area contributed by atoms with Gasteiger partial charge in [0.1, 0.15) is 5.69 Å². The van der Waals surface area contributed by atoms with Crippen LogP contribution in [0.3, 0.4) is 0 Å².